The number of thioether (sulfide) groups is 1. The fraction of sp³-hybridized carbons (Fsp3) is 1.00. The monoisotopic (exact) mass is 811 g/mol. The largest absolute Gasteiger partial charge is 0.500 e. The van der Waals surface area contributed by atoms with Crippen LogP contribution in [0.2, 0.25) is 12.1 Å². The fourth-order valence-electron chi connectivity index (χ4n) is 8.60. The highest BCUT2D eigenvalue weighted by molar-refractivity contribution is 8.02. The Hall–Kier alpha value is 0.384. The summed E-state index contributed by atoms with van der Waals surface area (Å²) in [5, 5.41) is 0. The Labute approximate surface area is 336 Å². The third-order valence-electron chi connectivity index (χ3n) is 10.7. The molecule has 0 aromatic heterocycles. The quantitative estimate of drug-likeness (QED) is 0.0451. The predicted molar refractivity (Wildman–Crippen MR) is 233 cm³/mol. The highest BCUT2D eigenvalue weighted by Gasteiger charge is 2.51. The average molecular weight is 811 g/mol. The maximum Gasteiger partial charge on any atom is 0.500 e. The zero-order valence-electron chi connectivity index (χ0n) is 37.9. The zero-order valence-corrected chi connectivity index (χ0v) is 40.8. The lowest BCUT2D eigenvalue weighted by atomic mass is 9.96. The lowest BCUT2D eigenvalue weighted by molar-refractivity contribution is 0.0165. The summed E-state index contributed by atoms with van der Waals surface area (Å²) in [6.07, 6.45) is 4.48. The molecule has 0 aromatic rings. The van der Waals surface area contributed by atoms with Gasteiger partial charge in [0, 0.05) is 61.2 Å². The second kappa shape index (κ2) is 28.7. The maximum atomic E-state index is 6.39. The van der Waals surface area contributed by atoms with E-state index in [1.54, 1.807) is 0 Å². The van der Waals surface area contributed by atoms with Gasteiger partial charge >= 0.3 is 17.6 Å². The third kappa shape index (κ3) is 16.3. The molecule has 0 spiro atoms. The fourth-order valence-corrected chi connectivity index (χ4v) is 16.2. The van der Waals surface area contributed by atoms with Gasteiger partial charge in [-0.25, -0.2) is 0 Å². The van der Waals surface area contributed by atoms with E-state index in [1.807, 2.05) is 0 Å². The van der Waals surface area contributed by atoms with Crippen LogP contribution in [0.4, 0.5) is 0 Å². The van der Waals surface area contributed by atoms with Gasteiger partial charge in [-0.2, -0.15) is 0 Å². The van der Waals surface area contributed by atoms with Gasteiger partial charge in [0.05, 0.1) is 12.3 Å². The summed E-state index contributed by atoms with van der Waals surface area (Å²) in [6.45, 7) is 47.7. The molecule has 0 saturated carbocycles. The number of rotatable bonds is 36. The van der Waals surface area contributed by atoms with Crippen molar-refractivity contribution in [2.45, 2.75) is 170 Å². The van der Waals surface area contributed by atoms with Crippen LogP contribution in [0.5, 0.6) is 0 Å². The number of nitrogens with zero attached hydrogens (tertiary/aromatic N) is 4. The molecule has 0 heterocycles. The molecule has 0 radical (unpaired) electrons. The van der Waals surface area contributed by atoms with E-state index in [9.17, 15) is 0 Å². The highest BCUT2D eigenvalue weighted by atomic mass is 32.2. The minimum atomic E-state index is -2.81. The molecule has 0 N–H and O–H groups in total. The zero-order chi connectivity index (χ0) is 40.6. The first kappa shape index (κ1) is 53.4. The average Bonchev–Trinajstić information content (AvgIpc) is 3.12. The van der Waals surface area contributed by atoms with Gasteiger partial charge < -0.3 is 26.6 Å². The van der Waals surface area contributed by atoms with Gasteiger partial charge in [0.2, 0.25) is 0 Å². The van der Waals surface area contributed by atoms with Gasteiger partial charge in [-0.05, 0) is 133 Å². The number of hydrogen-bond acceptors (Lipinski definition) is 11. The van der Waals surface area contributed by atoms with E-state index in [0.717, 1.165) is 90.1 Å². The predicted octanol–water partition coefficient (Wildman–Crippen LogP) is 8.91. The summed E-state index contributed by atoms with van der Waals surface area (Å²) in [6, 6.07) is 1.64. The lowest BCUT2D eigenvalue weighted by Gasteiger charge is -2.56. The van der Waals surface area contributed by atoms with Crippen LogP contribution in [0.15, 0.2) is 0 Å². The Kier molecular flexibility index (Phi) is 28.9. The van der Waals surface area contributed by atoms with Crippen molar-refractivity contribution in [2.24, 2.45) is 0 Å². The van der Waals surface area contributed by atoms with Crippen molar-refractivity contribution in [1.82, 2.24) is 19.6 Å². The summed E-state index contributed by atoms with van der Waals surface area (Å²) >= 11 is 2.25. The van der Waals surface area contributed by atoms with Crippen LogP contribution in [-0.2, 0) is 26.6 Å². The van der Waals surface area contributed by atoms with E-state index >= 15 is 0 Å². The Morgan fingerprint density at radius 1 is 0.396 bits per heavy atom. The normalized spacial score (nSPS) is 15.5. The van der Waals surface area contributed by atoms with E-state index in [0.29, 0.717) is 39.6 Å². The molecule has 0 rings (SSSR count). The standard InChI is InChI=1S/C40H90N4O6SSi2/c1-17-41(18-2)37(42(19-3)20-4)39(15,33-31-35-52(45-25-9,46-26-10)47-27-11)51-40(16,38(43(21-5)22-6)44(23-7)24-8)34-32-36-53(48-28-12,49-29-13)50-30-14/h37-38H,17-36H2,1-16H3. The van der Waals surface area contributed by atoms with Gasteiger partial charge in [0.15, 0.2) is 0 Å². The van der Waals surface area contributed by atoms with Gasteiger partial charge in [0.1, 0.15) is 0 Å². The molecule has 0 saturated heterocycles. The Morgan fingerprint density at radius 2 is 0.604 bits per heavy atom. The molecule has 0 bridgehead atoms. The molecule has 13 heteroatoms. The molecule has 0 fully saturated rings. The van der Waals surface area contributed by atoms with Crippen LogP contribution < -0.4 is 0 Å². The molecular formula is C40H90N4O6SSi2. The summed E-state index contributed by atoms with van der Waals surface area (Å²) in [7, 11) is -5.63. The Morgan fingerprint density at radius 3 is 0.774 bits per heavy atom. The van der Waals surface area contributed by atoms with Crippen molar-refractivity contribution in [1.29, 1.82) is 0 Å². The third-order valence-corrected chi connectivity index (χ3v) is 18.8. The van der Waals surface area contributed by atoms with Crippen molar-refractivity contribution in [3.05, 3.63) is 0 Å². The second-order valence-electron chi connectivity index (χ2n) is 14.0. The Bertz CT molecular complexity index is 762. The van der Waals surface area contributed by atoms with Gasteiger partial charge in [-0.3, -0.25) is 19.6 Å². The van der Waals surface area contributed by atoms with Crippen LogP contribution >= 0.6 is 11.8 Å². The van der Waals surface area contributed by atoms with E-state index in [2.05, 4.69) is 142 Å². The molecule has 320 valence electrons. The first-order chi connectivity index (χ1) is 25.3. The Balaban J connectivity index is 7.65. The SMILES string of the molecule is CCO[Si](CCCC(C)(SC(C)(CCC[Si](OCC)(OCC)OCC)C(N(CC)CC)N(CC)CC)C(N(CC)CC)N(CC)CC)(OCC)OCC. The smallest absolute Gasteiger partial charge is 0.374 e. The van der Waals surface area contributed by atoms with Crippen LogP contribution in [0.1, 0.15) is 136 Å². The van der Waals surface area contributed by atoms with Crippen LogP contribution in [-0.4, -0.2) is 151 Å². The lowest BCUT2D eigenvalue weighted by Crippen LogP contribution is -2.64. The van der Waals surface area contributed by atoms with Crippen molar-refractivity contribution in [2.75, 3.05) is 92.0 Å². The van der Waals surface area contributed by atoms with Crippen LogP contribution in [0.3, 0.4) is 0 Å². The summed E-state index contributed by atoms with van der Waals surface area (Å²) < 4.78 is 38.1. The minimum Gasteiger partial charge on any atom is -0.374 e. The van der Waals surface area contributed by atoms with Gasteiger partial charge in [-0.15, -0.1) is 11.8 Å². The van der Waals surface area contributed by atoms with Crippen molar-refractivity contribution < 1.29 is 26.6 Å². The molecule has 0 amide bonds. The van der Waals surface area contributed by atoms with E-state index in [1.165, 1.54) is 0 Å². The molecule has 10 nitrogen and oxygen atoms in total. The molecule has 0 aliphatic carbocycles. The van der Waals surface area contributed by atoms with Gasteiger partial charge in [0.25, 0.3) is 0 Å². The maximum absolute atomic E-state index is 6.39. The molecule has 2 unspecified atom stereocenters. The van der Waals surface area contributed by atoms with Crippen molar-refractivity contribution in [3.8, 4) is 0 Å². The number of hydrogen-bond donors (Lipinski definition) is 0. The highest BCUT2D eigenvalue weighted by Crippen LogP contribution is 2.50. The van der Waals surface area contributed by atoms with Crippen molar-refractivity contribution >= 4 is 29.4 Å². The molecule has 0 aliphatic heterocycles. The first-order valence-electron chi connectivity index (χ1n) is 21.8. The second-order valence-corrected chi connectivity index (χ2v) is 21.6. The summed E-state index contributed by atoms with van der Waals surface area (Å²) in [5.41, 5.74) is 0. The van der Waals surface area contributed by atoms with E-state index in [4.69, 9.17) is 26.6 Å². The topological polar surface area (TPSA) is 68.3 Å². The minimum absolute atomic E-state index is 0.135. The molecule has 0 aliphatic rings. The molecular weight excluding hydrogens is 721 g/mol. The van der Waals surface area contributed by atoms with Crippen LogP contribution in [0, 0.1) is 0 Å². The summed E-state index contributed by atoms with van der Waals surface area (Å²) in [5.74, 6) is 0. The summed E-state index contributed by atoms with van der Waals surface area (Å²) in [4.78, 5) is 10.8. The van der Waals surface area contributed by atoms with Crippen LogP contribution in [0.25, 0.3) is 0 Å². The molecule has 2 atom stereocenters. The van der Waals surface area contributed by atoms with Crippen molar-refractivity contribution in [3.63, 3.8) is 0 Å². The van der Waals surface area contributed by atoms with E-state index < -0.39 is 17.6 Å². The van der Waals surface area contributed by atoms with E-state index in [-0.39, 0.29) is 21.8 Å². The van der Waals surface area contributed by atoms with Gasteiger partial charge in [-0.1, -0.05) is 55.4 Å². The molecule has 53 heavy (non-hydrogen) atoms. The first-order valence-corrected chi connectivity index (χ1v) is 26.5. The molecule has 0 aromatic carbocycles.